The summed E-state index contributed by atoms with van der Waals surface area (Å²) in [6.07, 6.45) is -7.91. The van der Waals surface area contributed by atoms with Gasteiger partial charge in [0.15, 0.2) is 5.69 Å². The molecule has 5 nitrogen and oxygen atoms in total. The third kappa shape index (κ3) is 4.75. The van der Waals surface area contributed by atoms with Gasteiger partial charge in [-0.1, -0.05) is 25.4 Å². The topological polar surface area (TPSA) is 59.8 Å². The predicted octanol–water partition coefficient (Wildman–Crippen LogP) is 4.21. The summed E-state index contributed by atoms with van der Waals surface area (Å²) in [6, 6.07) is 0.705. The number of carbonyl (C=O) groups is 1. The van der Waals surface area contributed by atoms with Crippen LogP contribution in [0.4, 0.5) is 26.3 Å². The van der Waals surface area contributed by atoms with Crippen molar-refractivity contribution in [2.45, 2.75) is 31.6 Å². The summed E-state index contributed by atoms with van der Waals surface area (Å²) in [6.45, 7) is 2.83. The van der Waals surface area contributed by atoms with Gasteiger partial charge in [0.1, 0.15) is 0 Å². The lowest BCUT2D eigenvalue weighted by atomic mass is 9.88. The van der Waals surface area contributed by atoms with Crippen LogP contribution in [0.3, 0.4) is 0 Å². The van der Waals surface area contributed by atoms with E-state index in [2.05, 4.69) is 15.4 Å². The summed E-state index contributed by atoms with van der Waals surface area (Å²) in [5, 5.41) is 5.29. The van der Waals surface area contributed by atoms with E-state index >= 15 is 0 Å². The molecule has 0 atom stereocenters. The van der Waals surface area contributed by atoms with Crippen LogP contribution < -0.4 is 5.32 Å². The van der Waals surface area contributed by atoms with Crippen LogP contribution in [-0.4, -0.2) is 27.2 Å². The zero-order valence-corrected chi connectivity index (χ0v) is 15.6. The Labute approximate surface area is 160 Å². The number of nitrogens with zero attached hydrogens (tertiary/aromatic N) is 3. The van der Waals surface area contributed by atoms with Gasteiger partial charge in [-0.05, 0) is 6.07 Å². The van der Waals surface area contributed by atoms with E-state index in [0.29, 0.717) is 12.3 Å². The van der Waals surface area contributed by atoms with Gasteiger partial charge in [0.2, 0.25) is 0 Å². The Kier molecular flexibility index (Phi) is 5.71. The zero-order chi connectivity index (χ0) is 21.5. The maximum atomic E-state index is 13.0. The van der Waals surface area contributed by atoms with Crippen molar-refractivity contribution in [1.29, 1.82) is 0 Å². The largest absolute Gasteiger partial charge is 0.435 e. The Bertz CT molecular complexity index is 888. The van der Waals surface area contributed by atoms with Crippen LogP contribution in [0, 0.1) is 0 Å². The predicted molar refractivity (Wildman–Crippen MR) is 87.8 cm³/mol. The number of pyridine rings is 1. The molecule has 0 unspecified atom stereocenters. The first-order valence-electron chi connectivity index (χ1n) is 7.75. The van der Waals surface area contributed by atoms with Crippen LogP contribution in [0.15, 0.2) is 18.5 Å². The zero-order valence-electron chi connectivity index (χ0n) is 14.8. The number of hydrogen-bond acceptors (Lipinski definition) is 3. The quantitative estimate of drug-likeness (QED) is 0.742. The summed E-state index contributed by atoms with van der Waals surface area (Å²) < 4.78 is 77.9. The molecular weight excluding hydrogens is 414 g/mol. The second-order valence-corrected chi connectivity index (χ2v) is 7.09. The molecule has 0 saturated carbocycles. The third-order valence-electron chi connectivity index (χ3n) is 3.84. The van der Waals surface area contributed by atoms with Crippen molar-refractivity contribution in [3.05, 3.63) is 46.0 Å². The van der Waals surface area contributed by atoms with Crippen molar-refractivity contribution < 1.29 is 31.1 Å². The van der Waals surface area contributed by atoms with Crippen molar-refractivity contribution in [1.82, 2.24) is 20.1 Å². The van der Waals surface area contributed by atoms with Crippen molar-refractivity contribution >= 4 is 17.5 Å². The van der Waals surface area contributed by atoms with Crippen LogP contribution in [-0.2, 0) is 24.8 Å². The molecule has 0 aliphatic heterocycles. The lowest BCUT2D eigenvalue weighted by Crippen LogP contribution is -2.38. The van der Waals surface area contributed by atoms with Gasteiger partial charge in [0.25, 0.3) is 5.91 Å². The minimum Gasteiger partial charge on any atom is -0.351 e. The first-order chi connectivity index (χ1) is 12.6. The van der Waals surface area contributed by atoms with E-state index in [-0.39, 0.29) is 17.3 Å². The maximum absolute atomic E-state index is 13.0. The Morgan fingerprint density at radius 3 is 2.25 bits per heavy atom. The van der Waals surface area contributed by atoms with Crippen LogP contribution in [0.2, 0.25) is 5.02 Å². The summed E-state index contributed by atoms with van der Waals surface area (Å²) in [5.74, 6) is -1.03. The van der Waals surface area contributed by atoms with Gasteiger partial charge >= 0.3 is 12.4 Å². The number of amides is 1. The number of aromatic nitrogens is 3. The van der Waals surface area contributed by atoms with Gasteiger partial charge in [0.05, 0.1) is 21.8 Å². The molecular formula is C16H15ClF6N4O. The number of aryl methyl sites for hydroxylation is 1. The number of nitrogens with one attached hydrogen (secondary N) is 1. The molecule has 0 aromatic carbocycles. The minimum absolute atomic E-state index is 0.0599. The Hall–Kier alpha value is -2.30. The van der Waals surface area contributed by atoms with E-state index in [1.807, 2.05) is 0 Å². The van der Waals surface area contributed by atoms with Crippen LogP contribution in [0.1, 0.15) is 41.2 Å². The number of carbonyl (C=O) groups excluding carboxylic acids is 1. The first-order valence-corrected chi connectivity index (χ1v) is 8.13. The number of hydrogen-bond donors (Lipinski definition) is 1. The fourth-order valence-electron chi connectivity index (χ4n) is 2.44. The molecule has 2 heterocycles. The molecule has 2 aromatic heterocycles. The molecule has 0 bridgehead atoms. The molecule has 0 aliphatic carbocycles. The number of alkyl halides is 6. The standard InChI is InChI=1S/C16H15ClF6N4O/c1-14(2,12-10(17)4-8(5-24-12)15(18,19)20)7-25-13(28)9-6-27(3)26-11(9)16(21,22)23/h4-6H,7H2,1-3H3,(H,25,28). The molecule has 1 amide bonds. The smallest absolute Gasteiger partial charge is 0.351 e. The van der Waals surface area contributed by atoms with Gasteiger partial charge in [-0.2, -0.15) is 31.4 Å². The molecule has 154 valence electrons. The van der Waals surface area contributed by atoms with E-state index in [4.69, 9.17) is 11.6 Å². The highest BCUT2D eigenvalue weighted by Crippen LogP contribution is 2.35. The summed E-state index contributed by atoms with van der Waals surface area (Å²) >= 11 is 5.90. The van der Waals surface area contributed by atoms with E-state index in [0.717, 1.165) is 10.9 Å². The normalized spacial score (nSPS) is 12.9. The molecule has 12 heteroatoms. The molecule has 2 aromatic rings. The maximum Gasteiger partial charge on any atom is 0.435 e. The van der Waals surface area contributed by atoms with Gasteiger partial charge < -0.3 is 5.32 Å². The number of rotatable bonds is 4. The highest BCUT2D eigenvalue weighted by Gasteiger charge is 2.39. The van der Waals surface area contributed by atoms with Crippen LogP contribution >= 0.6 is 11.6 Å². The fraction of sp³-hybridized carbons (Fsp3) is 0.438. The molecule has 0 fully saturated rings. The Morgan fingerprint density at radius 1 is 1.14 bits per heavy atom. The van der Waals surface area contributed by atoms with Crippen LogP contribution in [0.25, 0.3) is 0 Å². The highest BCUT2D eigenvalue weighted by molar-refractivity contribution is 6.31. The molecule has 2 rings (SSSR count). The Morgan fingerprint density at radius 2 is 1.75 bits per heavy atom. The lowest BCUT2D eigenvalue weighted by Gasteiger charge is -2.26. The van der Waals surface area contributed by atoms with Crippen molar-refractivity contribution in [2.75, 3.05) is 6.54 Å². The minimum atomic E-state index is -4.82. The summed E-state index contributed by atoms with van der Waals surface area (Å²) in [4.78, 5) is 15.9. The van der Waals surface area contributed by atoms with Crippen molar-refractivity contribution in [3.63, 3.8) is 0 Å². The van der Waals surface area contributed by atoms with Crippen molar-refractivity contribution in [3.8, 4) is 0 Å². The molecule has 0 radical (unpaired) electrons. The number of halogens is 7. The van der Waals surface area contributed by atoms with E-state index < -0.39 is 40.5 Å². The van der Waals surface area contributed by atoms with Crippen molar-refractivity contribution in [2.24, 2.45) is 7.05 Å². The van der Waals surface area contributed by atoms with E-state index in [9.17, 15) is 31.1 Å². The molecule has 0 spiro atoms. The molecule has 1 N–H and O–H groups in total. The van der Waals surface area contributed by atoms with Gasteiger partial charge in [-0.3, -0.25) is 14.5 Å². The molecule has 28 heavy (non-hydrogen) atoms. The Balaban J connectivity index is 2.21. The second-order valence-electron chi connectivity index (χ2n) is 6.68. The van der Waals surface area contributed by atoms with Gasteiger partial charge in [-0.25, -0.2) is 0 Å². The molecule has 0 aliphatic rings. The average Bonchev–Trinajstić information content (AvgIpc) is 2.94. The first kappa shape index (κ1) is 22.0. The SMILES string of the molecule is Cn1cc(C(=O)NCC(C)(C)c2ncc(C(F)(F)F)cc2Cl)c(C(F)(F)F)n1. The van der Waals surface area contributed by atoms with Crippen LogP contribution in [0.5, 0.6) is 0 Å². The fourth-order valence-corrected chi connectivity index (χ4v) is 2.86. The summed E-state index contributed by atoms with van der Waals surface area (Å²) in [7, 11) is 1.24. The average molecular weight is 429 g/mol. The highest BCUT2D eigenvalue weighted by atomic mass is 35.5. The van der Waals surface area contributed by atoms with Gasteiger partial charge in [0, 0.05) is 31.4 Å². The monoisotopic (exact) mass is 428 g/mol. The lowest BCUT2D eigenvalue weighted by molar-refractivity contribution is -0.141. The second kappa shape index (κ2) is 7.26. The summed E-state index contributed by atoms with van der Waals surface area (Å²) in [5.41, 5.74) is -4.04. The third-order valence-corrected chi connectivity index (χ3v) is 4.13. The van der Waals surface area contributed by atoms with E-state index in [1.165, 1.54) is 20.9 Å². The van der Waals surface area contributed by atoms with E-state index in [1.54, 1.807) is 0 Å². The van der Waals surface area contributed by atoms with Gasteiger partial charge in [-0.15, -0.1) is 0 Å². The molecule has 0 saturated heterocycles.